The summed E-state index contributed by atoms with van der Waals surface area (Å²) in [4.78, 5) is 3.95. The lowest BCUT2D eigenvalue weighted by Crippen LogP contribution is -1.99. The number of halogens is 2. The second-order valence-electron chi connectivity index (χ2n) is 3.87. The van der Waals surface area contributed by atoms with Gasteiger partial charge in [0.25, 0.3) is 6.43 Å². The van der Waals surface area contributed by atoms with E-state index in [1.807, 2.05) is 0 Å². The van der Waals surface area contributed by atoms with Crippen LogP contribution in [0.5, 0.6) is 11.5 Å². The SMILES string of the molecule is CNc1cc(C(F)F)nc2cc(OC)cc(OC)c12. The first-order valence-electron chi connectivity index (χ1n) is 5.63. The van der Waals surface area contributed by atoms with Crippen LogP contribution < -0.4 is 14.8 Å². The fourth-order valence-corrected chi connectivity index (χ4v) is 1.91. The first kappa shape index (κ1) is 13.3. The minimum absolute atomic E-state index is 0.285. The van der Waals surface area contributed by atoms with E-state index in [9.17, 15) is 8.78 Å². The molecule has 1 aromatic heterocycles. The van der Waals surface area contributed by atoms with Crippen LogP contribution in [0.2, 0.25) is 0 Å². The van der Waals surface area contributed by atoms with Crippen molar-refractivity contribution < 1.29 is 18.3 Å². The molecule has 102 valence electrons. The van der Waals surface area contributed by atoms with E-state index in [0.29, 0.717) is 28.1 Å². The quantitative estimate of drug-likeness (QED) is 0.924. The van der Waals surface area contributed by atoms with E-state index in [-0.39, 0.29) is 5.69 Å². The summed E-state index contributed by atoms with van der Waals surface area (Å²) in [6.07, 6.45) is -2.63. The molecule has 0 fully saturated rings. The van der Waals surface area contributed by atoms with E-state index >= 15 is 0 Å². The molecule has 2 rings (SSSR count). The predicted molar refractivity (Wildman–Crippen MR) is 69.4 cm³/mol. The van der Waals surface area contributed by atoms with Crippen molar-refractivity contribution >= 4 is 16.6 Å². The van der Waals surface area contributed by atoms with Gasteiger partial charge in [-0.05, 0) is 6.07 Å². The lowest BCUT2D eigenvalue weighted by atomic mass is 10.1. The van der Waals surface area contributed by atoms with Crippen molar-refractivity contribution in [3.8, 4) is 11.5 Å². The number of pyridine rings is 1. The average molecular weight is 268 g/mol. The lowest BCUT2D eigenvalue weighted by Gasteiger charge is -2.13. The number of hydrogen-bond donors (Lipinski definition) is 1. The van der Waals surface area contributed by atoms with Crippen LogP contribution in [0, 0.1) is 0 Å². The Morgan fingerprint density at radius 3 is 2.42 bits per heavy atom. The molecule has 0 saturated heterocycles. The third-order valence-electron chi connectivity index (χ3n) is 2.81. The summed E-state index contributed by atoms with van der Waals surface area (Å²) in [7, 11) is 4.67. The van der Waals surface area contributed by atoms with Gasteiger partial charge in [-0.1, -0.05) is 0 Å². The van der Waals surface area contributed by atoms with E-state index in [2.05, 4.69) is 10.3 Å². The Balaban J connectivity index is 2.80. The highest BCUT2D eigenvalue weighted by molar-refractivity contribution is 5.97. The monoisotopic (exact) mass is 268 g/mol. The van der Waals surface area contributed by atoms with E-state index < -0.39 is 6.43 Å². The summed E-state index contributed by atoms with van der Waals surface area (Å²) in [5.74, 6) is 1.03. The van der Waals surface area contributed by atoms with Crippen LogP contribution in [0.25, 0.3) is 10.9 Å². The Bertz CT molecular complexity index is 603. The Morgan fingerprint density at radius 2 is 1.89 bits per heavy atom. The Hall–Kier alpha value is -2.11. The number of anilines is 1. The zero-order valence-electron chi connectivity index (χ0n) is 10.8. The van der Waals surface area contributed by atoms with Crippen molar-refractivity contribution in [2.24, 2.45) is 0 Å². The number of methoxy groups -OCH3 is 2. The third kappa shape index (κ3) is 2.38. The van der Waals surface area contributed by atoms with Gasteiger partial charge in [-0.3, -0.25) is 0 Å². The summed E-state index contributed by atoms with van der Waals surface area (Å²) in [6.45, 7) is 0. The number of rotatable bonds is 4. The van der Waals surface area contributed by atoms with Gasteiger partial charge in [0, 0.05) is 24.9 Å². The van der Waals surface area contributed by atoms with E-state index in [4.69, 9.17) is 9.47 Å². The second kappa shape index (κ2) is 5.26. The van der Waals surface area contributed by atoms with Crippen molar-refractivity contribution in [1.82, 2.24) is 4.98 Å². The van der Waals surface area contributed by atoms with Crippen LogP contribution in [0.15, 0.2) is 18.2 Å². The summed E-state index contributed by atoms with van der Waals surface area (Å²) in [5.41, 5.74) is 0.658. The molecule has 2 aromatic rings. The molecule has 0 amide bonds. The highest BCUT2D eigenvalue weighted by atomic mass is 19.3. The minimum atomic E-state index is -2.63. The van der Waals surface area contributed by atoms with Crippen LogP contribution in [-0.2, 0) is 0 Å². The molecule has 1 heterocycles. The predicted octanol–water partition coefficient (Wildman–Crippen LogP) is 3.23. The van der Waals surface area contributed by atoms with Gasteiger partial charge in [0.15, 0.2) is 0 Å². The molecule has 1 aromatic carbocycles. The van der Waals surface area contributed by atoms with Gasteiger partial charge in [-0.2, -0.15) is 0 Å². The van der Waals surface area contributed by atoms with Gasteiger partial charge in [0.05, 0.1) is 25.1 Å². The number of aromatic nitrogens is 1. The molecule has 6 heteroatoms. The molecule has 1 N–H and O–H groups in total. The molecule has 0 radical (unpaired) electrons. The second-order valence-corrected chi connectivity index (χ2v) is 3.87. The maximum atomic E-state index is 12.8. The van der Waals surface area contributed by atoms with Crippen molar-refractivity contribution in [1.29, 1.82) is 0 Å². The lowest BCUT2D eigenvalue weighted by molar-refractivity contribution is 0.146. The molecule has 4 nitrogen and oxygen atoms in total. The number of nitrogens with one attached hydrogen (secondary N) is 1. The maximum Gasteiger partial charge on any atom is 0.280 e. The standard InChI is InChI=1S/C13H14F2N2O2/c1-16-8-6-10(13(14)15)17-9-4-7(18-2)5-11(19-3)12(8)9/h4-6,13H,1-3H3,(H,16,17). The number of hydrogen-bond acceptors (Lipinski definition) is 4. The van der Waals surface area contributed by atoms with Gasteiger partial charge in [-0.25, -0.2) is 13.8 Å². The summed E-state index contributed by atoms with van der Waals surface area (Å²) in [6, 6.07) is 4.61. The van der Waals surface area contributed by atoms with Crippen LogP contribution in [-0.4, -0.2) is 26.3 Å². The summed E-state index contributed by atoms with van der Waals surface area (Å²) >= 11 is 0. The third-order valence-corrected chi connectivity index (χ3v) is 2.81. The topological polar surface area (TPSA) is 43.4 Å². The van der Waals surface area contributed by atoms with Crippen molar-refractivity contribution in [2.45, 2.75) is 6.43 Å². The van der Waals surface area contributed by atoms with Crippen molar-refractivity contribution in [2.75, 3.05) is 26.6 Å². The number of ether oxygens (including phenoxy) is 2. The Kier molecular flexibility index (Phi) is 3.69. The molecule has 19 heavy (non-hydrogen) atoms. The normalized spacial score (nSPS) is 10.8. The zero-order chi connectivity index (χ0) is 14.0. The van der Waals surface area contributed by atoms with Gasteiger partial charge in [-0.15, -0.1) is 0 Å². The van der Waals surface area contributed by atoms with Crippen LogP contribution in [0.4, 0.5) is 14.5 Å². The minimum Gasteiger partial charge on any atom is -0.497 e. The van der Waals surface area contributed by atoms with Crippen molar-refractivity contribution in [3.63, 3.8) is 0 Å². The molecule has 0 saturated carbocycles. The van der Waals surface area contributed by atoms with Gasteiger partial charge in [0.2, 0.25) is 0 Å². The van der Waals surface area contributed by atoms with Crippen LogP contribution in [0.3, 0.4) is 0 Å². The molecule has 0 aliphatic heterocycles. The van der Waals surface area contributed by atoms with Gasteiger partial charge >= 0.3 is 0 Å². The Morgan fingerprint density at radius 1 is 1.16 bits per heavy atom. The van der Waals surface area contributed by atoms with Gasteiger partial charge in [0.1, 0.15) is 17.2 Å². The van der Waals surface area contributed by atoms with Crippen molar-refractivity contribution in [3.05, 3.63) is 23.9 Å². The maximum absolute atomic E-state index is 12.8. The van der Waals surface area contributed by atoms with E-state index in [1.54, 1.807) is 19.2 Å². The highest BCUT2D eigenvalue weighted by Gasteiger charge is 2.16. The highest BCUT2D eigenvalue weighted by Crippen LogP contribution is 2.37. The van der Waals surface area contributed by atoms with Crippen LogP contribution >= 0.6 is 0 Å². The molecule has 0 aliphatic rings. The first-order valence-corrected chi connectivity index (χ1v) is 5.63. The van der Waals surface area contributed by atoms with E-state index in [1.165, 1.54) is 20.3 Å². The molecular formula is C13H14F2N2O2. The molecule has 0 atom stereocenters. The fraction of sp³-hybridized carbons (Fsp3) is 0.308. The number of nitrogens with zero attached hydrogens (tertiary/aromatic N) is 1. The zero-order valence-corrected chi connectivity index (χ0v) is 10.8. The summed E-state index contributed by atoms with van der Waals surface area (Å²) < 4.78 is 36.0. The number of alkyl halides is 2. The number of benzene rings is 1. The Labute approximate surface area is 109 Å². The smallest absolute Gasteiger partial charge is 0.280 e. The van der Waals surface area contributed by atoms with Gasteiger partial charge < -0.3 is 14.8 Å². The van der Waals surface area contributed by atoms with Crippen LogP contribution in [0.1, 0.15) is 12.1 Å². The molecule has 0 spiro atoms. The molecule has 0 bridgehead atoms. The largest absolute Gasteiger partial charge is 0.497 e. The molecule has 0 unspecified atom stereocenters. The molecular weight excluding hydrogens is 254 g/mol. The fourth-order valence-electron chi connectivity index (χ4n) is 1.91. The molecule has 0 aliphatic carbocycles. The number of fused-ring (bicyclic) bond motifs is 1. The van der Waals surface area contributed by atoms with E-state index in [0.717, 1.165) is 0 Å². The summed E-state index contributed by atoms with van der Waals surface area (Å²) in [5, 5.41) is 3.53. The average Bonchev–Trinajstić information content (AvgIpc) is 2.44. The first-order chi connectivity index (χ1) is 9.10.